The number of hydrogen-bond acceptors (Lipinski definition) is 3. The molecule has 0 atom stereocenters. The van der Waals surface area contributed by atoms with E-state index < -0.39 is 0 Å². The van der Waals surface area contributed by atoms with Gasteiger partial charge < -0.3 is 9.15 Å². The summed E-state index contributed by atoms with van der Waals surface area (Å²) in [4.78, 5) is 12.4. The molecule has 0 saturated carbocycles. The van der Waals surface area contributed by atoms with Gasteiger partial charge in [-0.1, -0.05) is 54.6 Å². The number of benzene rings is 4. The average Bonchev–Trinajstić information content (AvgIpc) is 2.75. The number of ether oxygens (including phenoxy) is 1. The molecular weight excluding hydrogens is 360 g/mol. The van der Waals surface area contributed by atoms with Crippen molar-refractivity contribution in [2.75, 3.05) is 0 Å². The zero-order valence-electron chi connectivity index (χ0n) is 16.4. The van der Waals surface area contributed by atoms with Gasteiger partial charge in [-0.25, -0.2) is 4.79 Å². The lowest BCUT2D eigenvalue weighted by Gasteiger charge is -2.14. The molecule has 29 heavy (non-hydrogen) atoms. The van der Waals surface area contributed by atoms with E-state index >= 15 is 0 Å². The lowest BCUT2D eigenvalue weighted by molar-refractivity contribution is 0.304. The molecule has 5 aromatic rings. The van der Waals surface area contributed by atoms with Crippen LogP contribution < -0.4 is 10.4 Å². The van der Waals surface area contributed by atoms with Crippen molar-refractivity contribution in [1.29, 1.82) is 0 Å². The van der Waals surface area contributed by atoms with E-state index in [0.717, 1.165) is 22.1 Å². The van der Waals surface area contributed by atoms with E-state index in [9.17, 15) is 4.79 Å². The Bertz CT molecular complexity index is 1440. The molecule has 0 bridgehead atoms. The predicted octanol–water partition coefficient (Wildman–Crippen LogP) is 6.30. The van der Waals surface area contributed by atoms with Crippen LogP contribution in [0.15, 0.2) is 82.0 Å². The highest BCUT2D eigenvalue weighted by Crippen LogP contribution is 2.32. The fraction of sp³-hybridized carbons (Fsp3) is 0.115. The highest BCUT2D eigenvalue weighted by atomic mass is 16.5. The molecule has 0 saturated heterocycles. The molecule has 0 unspecified atom stereocenters. The van der Waals surface area contributed by atoms with Gasteiger partial charge >= 0.3 is 5.63 Å². The van der Waals surface area contributed by atoms with Gasteiger partial charge in [0.15, 0.2) is 0 Å². The Labute approximate surface area is 168 Å². The number of aryl methyl sites for hydroxylation is 2. The molecule has 1 aromatic heterocycles. The molecule has 3 nitrogen and oxygen atoms in total. The Hall–Kier alpha value is -3.59. The summed E-state index contributed by atoms with van der Waals surface area (Å²) < 4.78 is 11.9. The van der Waals surface area contributed by atoms with Gasteiger partial charge in [-0.15, -0.1) is 0 Å². The summed E-state index contributed by atoms with van der Waals surface area (Å²) in [5.41, 5.74) is 3.46. The largest absolute Gasteiger partial charge is 0.488 e. The summed E-state index contributed by atoms with van der Waals surface area (Å²) in [5.74, 6) is 0.725. The van der Waals surface area contributed by atoms with Gasteiger partial charge in [0.2, 0.25) is 0 Å². The molecule has 0 amide bonds. The van der Waals surface area contributed by atoms with Crippen molar-refractivity contribution in [2.45, 2.75) is 20.5 Å². The molecule has 0 aliphatic heterocycles. The van der Waals surface area contributed by atoms with Crippen molar-refractivity contribution < 1.29 is 9.15 Å². The fourth-order valence-corrected chi connectivity index (χ4v) is 4.00. The normalized spacial score (nSPS) is 11.4. The minimum absolute atomic E-state index is 0.321. The van der Waals surface area contributed by atoms with Crippen molar-refractivity contribution in [3.05, 3.63) is 99.9 Å². The molecule has 1 heterocycles. The molecule has 0 aliphatic rings. The second kappa shape index (κ2) is 6.78. The summed E-state index contributed by atoms with van der Waals surface area (Å²) in [7, 11) is 0. The van der Waals surface area contributed by atoms with E-state index in [-0.39, 0.29) is 5.63 Å². The topological polar surface area (TPSA) is 39.4 Å². The van der Waals surface area contributed by atoms with Crippen molar-refractivity contribution in [2.24, 2.45) is 0 Å². The van der Waals surface area contributed by atoms with E-state index in [1.807, 2.05) is 49.4 Å². The Morgan fingerprint density at radius 3 is 2.31 bits per heavy atom. The Kier molecular flexibility index (Phi) is 4.09. The van der Waals surface area contributed by atoms with E-state index in [1.165, 1.54) is 21.9 Å². The van der Waals surface area contributed by atoms with Gasteiger partial charge in [0, 0.05) is 16.5 Å². The molecule has 0 radical (unpaired) electrons. The zero-order valence-corrected chi connectivity index (χ0v) is 16.4. The van der Waals surface area contributed by atoms with Crippen molar-refractivity contribution in [3.63, 3.8) is 0 Å². The highest BCUT2D eigenvalue weighted by molar-refractivity contribution is 6.05. The minimum Gasteiger partial charge on any atom is -0.488 e. The molecule has 0 N–H and O–H groups in total. The molecule has 0 fully saturated rings. The maximum Gasteiger partial charge on any atom is 0.344 e. The van der Waals surface area contributed by atoms with Gasteiger partial charge in [-0.3, -0.25) is 0 Å². The van der Waals surface area contributed by atoms with E-state index in [0.29, 0.717) is 17.6 Å². The summed E-state index contributed by atoms with van der Waals surface area (Å²) >= 11 is 0. The number of fused-ring (bicyclic) bond motifs is 4. The van der Waals surface area contributed by atoms with E-state index in [1.54, 1.807) is 6.07 Å². The van der Waals surface area contributed by atoms with E-state index in [2.05, 4.69) is 31.2 Å². The summed E-state index contributed by atoms with van der Waals surface area (Å²) in [5, 5.41) is 4.82. The van der Waals surface area contributed by atoms with Crippen LogP contribution >= 0.6 is 0 Å². The summed E-state index contributed by atoms with van der Waals surface area (Å²) in [6.07, 6.45) is 0. The third kappa shape index (κ3) is 2.87. The van der Waals surface area contributed by atoms with Crippen molar-refractivity contribution in [3.8, 4) is 5.75 Å². The van der Waals surface area contributed by atoms with Gasteiger partial charge in [-0.05, 0) is 53.8 Å². The van der Waals surface area contributed by atoms with Crippen LogP contribution in [-0.2, 0) is 6.61 Å². The third-order valence-electron chi connectivity index (χ3n) is 5.63. The monoisotopic (exact) mass is 380 g/mol. The quantitative estimate of drug-likeness (QED) is 0.272. The average molecular weight is 380 g/mol. The first-order chi connectivity index (χ1) is 14.1. The summed E-state index contributed by atoms with van der Waals surface area (Å²) in [6, 6.07) is 24.1. The van der Waals surface area contributed by atoms with Crippen LogP contribution in [0.2, 0.25) is 0 Å². The van der Waals surface area contributed by atoms with Crippen LogP contribution in [0.3, 0.4) is 0 Å². The Balaban J connectivity index is 1.59. The predicted molar refractivity (Wildman–Crippen MR) is 118 cm³/mol. The highest BCUT2D eigenvalue weighted by Gasteiger charge is 2.13. The van der Waals surface area contributed by atoms with Crippen LogP contribution in [-0.4, -0.2) is 0 Å². The molecule has 0 aliphatic carbocycles. The lowest BCUT2D eigenvalue weighted by atomic mass is 10.0. The number of hydrogen-bond donors (Lipinski definition) is 0. The van der Waals surface area contributed by atoms with E-state index in [4.69, 9.17) is 9.15 Å². The Morgan fingerprint density at radius 1 is 0.759 bits per heavy atom. The lowest BCUT2D eigenvalue weighted by Crippen LogP contribution is -2.03. The molecule has 4 aromatic carbocycles. The smallest absolute Gasteiger partial charge is 0.344 e. The summed E-state index contributed by atoms with van der Waals surface area (Å²) in [6.45, 7) is 4.49. The standard InChI is InChI=1S/C26H20O3/c1-16-11-12-18-7-3-4-8-19(18)23(16)15-28-24-14-13-21-20-9-5-6-10-22(20)26(27)29-25(21)17(24)2/h3-14H,15H2,1-2H3. The van der Waals surface area contributed by atoms with Crippen LogP contribution in [0.25, 0.3) is 32.5 Å². The molecule has 3 heteroatoms. The first-order valence-corrected chi connectivity index (χ1v) is 9.68. The van der Waals surface area contributed by atoms with Gasteiger partial charge in [0.05, 0.1) is 5.39 Å². The van der Waals surface area contributed by atoms with Crippen LogP contribution in [0.1, 0.15) is 16.7 Å². The number of rotatable bonds is 3. The molecule has 0 spiro atoms. The van der Waals surface area contributed by atoms with Crippen molar-refractivity contribution >= 4 is 32.5 Å². The zero-order chi connectivity index (χ0) is 20.0. The fourth-order valence-electron chi connectivity index (χ4n) is 4.00. The molecule has 5 rings (SSSR count). The van der Waals surface area contributed by atoms with Crippen LogP contribution in [0.5, 0.6) is 5.75 Å². The van der Waals surface area contributed by atoms with Gasteiger partial charge in [0.1, 0.15) is 17.9 Å². The van der Waals surface area contributed by atoms with Crippen molar-refractivity contribution in [1.82, 2.24) is 0 Å². The third-order valence-corrected chi connectivity index (χ3v) is 5.63. The second-order valence-corrected chi connectivity index (χ2v) is 7.37. The van der Waals surface area contributed by atoms with Gasteiger partial charge in [-0.2, -0.15) is 0 Å². The molecule has 142 valence electrons. The SMILES string of the molecule is Cc1ccc2ccccc2c1COc1ccc2c(oc(=O)c3ccccc32)c1C. The first-order valence-electron chi connectivity index (χ1n) is 9.68. The van der Waals surface area contributed by atoms with Crippen LogP contribution in [0.4, 0.5) is 0 Å². The maximum atomic E-state index is 12.4. The minimum atomic E-state index is -0.321. The van der Waals surface area contributed by atoms with Crippen LogP contribution in [0, 0.1) is 13.8 Å². The second-order valence-electron chi connectivity index (χ2n) is 7.37. The molecular formula is C26H20O3. The first kappa shape index (κ1) is 17.5. The van der Waals surface area contributed by atoms with Gasteiger partial charge in [0.25, 0.3) is 0 Å². The Morgan fingerprint density at radius 2 is 1.48 bits per heavy atom. The maximum absolute atomic E-state index is 12.4.